The van der Waals surface area contributed by atoms with E-state index in [1.54, 1.807) is 0 Å². The van der Waals surface area contributed by atoms with E-state index in [9.17, 15) is 4.79 Å². The van der Waals surface area contributed by atoms with Crippen LogP contribution in [0.3, 0.4) is 0 Å². The summed E-state index contributed by atoms with van der Waals surface area (Å²) < 4.78 is 5.62. The zero-order valence-corrected chi connectivity index (χ0v) is 11.2. The fourth-order valence-electron chi connectivity index (χ4n) is 2.37. The van der Waals surface area contributed by atoms with Gasteiger partial charge < -0.3 is 15.4 Å². The smallest absolute Gasteiger partial charge is 0.255 e. The van der Waals surface area contributed by atoms with Crippen LogP contribution in [-0.4, -0.2) is 12.5 Å². The number of hydrogen-bond acceptors (Lipinski definition) is 3. The lowest BCUT2D eigenvalue weighted by Gasteiger charge is -2.29. The SMILES string of the molecule is CCOc1ccccc1[C@@H]1NC(=O)c2ccccc2N1. The van der Waals surface area contributed by atoms with E-state index >= 15 is 0 Å². The van der Waals surface area contributed by atoms with E-state index < -0.39 is 0 Å². The Morgan fingerprint density at radius 2 is 1.80 bits per heavy atom. The highest BCUT2D eigenvalue weighted by molar-refractivity contribution is 6.01. The second-order valence-corrected chi connectivity index (χ2v) is 4.57. The van der Waals surface area contributed by atoms with Gasteiger partial charge in [-0.3, -0.25) is 4.79 Å². The predicted molar refractivity (Wildman–Crippen MR) is 77.9 cm³/mol. The van der Waals surface area contributed by atoms with E-state index in [-0.39, 0.29) is 12.1 Å². The van der Waals surface area contributed by atoms with Crippen LogP contribution in [0.4, 0.5) is 5.69 Å². The molecule has 4 heteroatoms. The predicted octanol–water partition coefficient (Wildman–Crippen LogP) is 2.94. The monoisotopic (exact) mass is 268 g/mol. The molecule has 0 fully saturated rings. The zero-order valence-electron chi connectivity index (χ0n) is 11.2. The van der Waals surface area contributed by atoms with Crippen LogP contribution >= 0.6 is 0 Å². The van der Waals surface area contributed by atoms with Crippen molar-refractivity contribution in [2.75, 3.05) is 11.9 Å². The van der Waals surface area contributed by atoms with Crippen molar-refractivity contribution in [1.82, 2.24) is 5.32 Å². The van der Waals surface area contributed by atoms with Crippen molar-refractivity contribution in [2.24, 2.45) is 0 Å². The number of carbonyl (C=O) groups is 1. The van der Waals surface area contributed by atoms with Crippen molar-refractivity contribution in [3.05, 3.63) is 59.7 Å². The first-order chi connectivity index (χ1) is 9.79. The number of benzene rings is 2. The summed E-state index contributed by atoms with van der Waals surface area (Å²) in [5.41, 5.74) is 2.43. The standard InChI is InChI=1S/C16H16N2O2/c1-2-20-14-10-6-4-8-12(14)15-17-13-9-5-3-7-11(13)16(19)18-15/h3-10,15,17H,2H2,1H3,(H,18,19)/t15-/m0/s1. The third kappa shape index (κ3) is 2.20. The number of anilines is 1. The second-order valence-electron chi connectivity index (χ2n) is 4.57. The fourth-order valence-corrected chi connectivity index (χ4v) is 2.37. The summed E-state index contributed by atoms with van der Waals surface area (Å²) in [7, 11) is 0. The highest BCUT2D eigenvalue weighted by atomic mass is 16.5. The number of hydrogen-bond donors (Lipinski definition) is 2. The van der Waals surface area contributed by atoms with Gasteiger partial charge in [0.05, 0.1) is 12.2 Å². The van der Waals surface area contributed by atoms with Gasteiger partial charge in [0.15, 0.2) is 0 Å². The molecule has 102 valence electrons. The summed E-state index contributed by atoms with van der Waals surface area (Å²) in [5.74, 6) is 0.711. The highest BCUT2D eigenvalue weighted by Gasteiger charge is 2.25. The van der Waals surface area contributed by atoms with Crippen LogP contribution in [-0.2, 0) is 0 Å². The van der Waals surface area contributed by atoms with Crippen molar-refractivity contribution in [3.8, 4) is 5.75 Å². The second kappa shape index (κ2) is 5.25. The lowest BCUT2D eigenvalue weighted by atomic mass is 10.1. The molecule has 0 aromatic heterocycles. The number of amides is 1. The quantitative estimate of drug-likeness (QED) is 0.899. The molecule has 0 saturated carbocycles. The van der Waals surface area contributed by atoms with Gasteiger partial charge in [-0.1, -0.05) is 30.3 Å². The van der Waals surface area contributed by atoms with E-state index in [1.165, 1.54) is 0 Å². The van der Waals surface area contributed by atoms with E-state index in [0.29, 0.717) is 12.2 Å². The third-order valence-corrected chi connectivity index (χ3v) is 3.28. The molecular formula is C16H16N2O2. The number of nitrogens with one attached hydrogen (secondary N) is 2. The molecule has 4 nitrogen and oxygen atoms in total. The van der Waals surface area contributed by atoms with E-state index in [0.717, 1.165) is 17.0 Å². The van der Waals surface area contributed by atoms with Gasteiger partial charge in [-0.2, -0.15) is 0 Å². The lowest BCUT2D eigenvalue weighted by molar-refractivity contribution is 0.0935. The van der Waals surface area contributed by atoms with Crippen molar-refractivity contribution in [1.29, 1.82) is 0 Å². The summed E-state index contributed by atoms with van der Waals surface area (Å²) >= 11 is 0. The maximum atomic E-state index is 12.1. The molecule has 0 saturated heterocycles. The van der Waals surface area contributed by atoms with Gasteiger partial charge in [0.25, 0.3) is 5.91 Å². The molecule has 3 rings (SSSR count). The third-order valence-electron chi connectivity index (χ3n) is 3.28. The average molecular weight is 268 g/mol. The maximum Gasteiger partial charge on any atom is 0.255 e. The number of ether oxygens (including phenoxy) is 1. The number of carbonyl (C=O) groups excluding carboxylic acids is 1. The minimum absolute atomic E-state index is 0.0735. The van der Waals surface area contributed by atoms with E-state index in [1.807, 2.05) is 55.5 Å². The van der Waals surface area contributed by atoms with Gasteiger partial charge in [0, 0.05) is 11.3 Å². The molecule has 1 aliphatic rings. The molecule has 0 spiro atoms. The molecule has 0 bridgehead atoms. The number of rotatable bonds is 3. The minimum Gasteiger partial charge on any atom is -0.493 e. The van der Waals surface area contributed by atoms with Gasteiger partial charge in [-0.05, 0) is 25.1 Å². The molecule has 0 aliphatic carbocycles. The van der Waals surface area contributed by atoms with Crippen molar-refractivity contribution >= 4 is 11.6 Å². The Bertz CT molecular complexity index is 640. The maximum absolute atomic E-state index is 12.1. The summed E-state index contributed by atoms with van der Waals surface area (Å²) in [6.07, 6.45) is -0.278. The molecule has 0 unspecified atom stereocenters. The molecule has 1 heterocycles. The molecule has 20 heavy (non-hydrogen) atoms. The average Bonchev–Trinajstić information content (AvgIpc) is 2.48. The zero-order chi connectivity index (χ0) is 13.9. The van der Waals surface area contributed by atoms with Crippen LogP contribution in [0.25, 0.3) is 0 Å². The molecule has 2 N–H and O–H groups in total. The van der Waals surface area contributed by atoms with Crippen LogP contribution in [0.2, 0.25) is 0 Å². The Hall–Kier alpha value is -2.49. The molecule has 1 amide bonds. The van der Waals surface area contributed by atoms with Gasteiger partial charge >= 0.3 is 0 Å². The largest absolute Gasteiger partial charge is 0.493 e. The first-order valence-corrected chi connectivity index (χ1v) is 6.67. The van der Waals surface area contributed by atoms with Gasteiger partial charge in [0.2, 0.25) is 0 Å². The topological polar surface area (TPSA) is 50.4 Å². The molecule has 0 radical (unpaired) electrons. The first-order valence-electron chi connectivity index (χ1n) is 6.67. The van der Waals surface area contributed by atoms with Crippen LogP contribution in [0.5, 0.6) is 5.75 Å². The minimum atomic E-state index is -0.278. The van der Waals surface area contributed by atoms with Gasteiger partial charge in [-0.25, -0.2) is 0 Å². The van der Waals surface area contributed by atoms with Crippen LogP contribution in [0.1, 0.15) is 29.0 Å². The van der Waals surface area contributed by atoms with Crippen molar-refractivity contribution < 1.29 is 9.53 Å². The summed E-state index contributed by atoms with van der Waals surface area (Å²) in [6, 6.07) is 15.2. The van der Waals surface area contributed by atoms with Gasteiger partial charge in [-0.15, -0.1) is 0 Å². The van der Waals surface area contributed by atoms with Crippen LogP contribution in [0, 0.1) is 0 Å². The molecular weight excluding hydrogens is 252 g/mol. The van der Waals surface area contributed by atoms with Crippen molar-refractivity contribution in [2.45, 2.75) is 13.1 Å². The molecule has 1 aliphatic heterocycles. The Labute approximate surface area is 117 Å². The van der Waals surface area contributed by atoms with E-state index in [2.05, 4.69) is 10.6 Å². The van der Waals surface area contributed by atoms with Crippen LogP contribution < -0.4 is 15.4 Å². The van der Waals surface area contributed by atoms with Crippen LogP contribution in [0.15, 0.2) is 48.5 Å². The Balaban J connectivity index is 1.96. The highest BCUT2D eigenvalue weighted by Crippen LogP contribution is 2.30. The number of para-hydroxylation sites is 2. The summed E-state index contributed by atoms with van der Waals surface area (Å²) in [4.78, 5) is 12.1. The Morgan fingerprint density at radius 3 is 2.65 bits per heavy atom. The molecule has 1 atom stereocenters. The Morgan fingerprint density at radius 1 is 1.05 bits per heavy atom. The van der Waals surface area contributed by atoms with E-state index in [4.69, 9.17) is 4.74 Å². The number of fused-ring (bicyclic) bond motifs is 1. The fraction of sp³-hybridized carbons (Fsp3) is 0.188. The molecule has 2 aromatic carbocycles. The van der Waals surface area contributed by atoms with Gasteiger partial charge in [0.1, 0.15) is 11.9 Å². The summed E-state index contributed by atoms with van der Waals surface area (Å²) in [6.45, 7) is 2.53. The summed E-state index contributed by atoms with van der Waals surface area (Å²) in [5, 5.41) is 6.29. The Kier molecular flexibility index (Phi) is 3.29. The van der Waals surface area contributed by atoms with Crippen molar-refractivity contribution in [3.63, 3.8) is 0 Å². The first kappa shape index (κ1) is 12.5. The molecule has 2 aromatic rings. The normalized spacial score (nSPS) is 16.9. The lowest BCUT2D eigenvalue weighted by Crippen LogP contribution is -2.38.